The van der Waals surface area contributed by atoms with Gasteiger partial charge in [-0.25, -0.2) is 4.79 Å². The number of carboxylic acid groups (broad SMARTS) is 1. The van der Waals surface area contributed by atoms with E-state index in [4.69, 9.17) is 0 Å². The van der Waals surface area contributed by atoms with Gasteiger partial charge in [0.2, 0.25) is 11.8 Å². The first-order chi connectivity index (χ1) is 13.8. The number of aliphatic carboxylic acids is 1. The third-order valence-corrected chi connectivity index (χ3v) is 6.92. The highest BCUT2D eigenvalue weighted by Gasteiger charge is 2.48. The first-order valence-corrected chi connectivity index (χ1v) is 11.6. The van der Waals surface area contributed by atoms with Gasteiger partial charge < -0.3 is 20.6 Å². The molecule has 1 saturated heterocycles. The molecule has 156 valence electrons. The zero-order chi connectivity index (χ0) is 21.1. The van der Waals surface area contributed by atoms with E-state index in [-0.39, 0.29) is 11.3 Å². The molecule has 3 rings (SSSR count). The van der Waals surface area contributed by atoms with Gasteiger partial charge in [0.25, 0.3) is 5.91 Å². The maximum absolute atomic E-state index is 12.8. The number of carbonyl (C=O) groups is 4. The summed E-state index contributed by atoms with van der Waals surface area (Å²) in [5, 5.41) is 14.1. The maximum Gasteiger partial charge on any atom is 0.326 e. The molecule has 1 aromatic rings. The second kappa shape index (κ2) is 9.08. The molecule has 2 aliphatic rings. The zero-order valence-corrected chi connectivity index (χ0v) is 17.7. The fraction of sp³-hybridized carbons (Fsp3) is 0.474. The molecule has 3 amide bonds. The van der Waals surface area contributed by atoms with E-state index >= 15 is 0 Å². The lowest BCUT2D eigenvalue weighted by Crippen LogP contribution is -2.54. The number of nitrogens with zero attached hydrogens (tertiary/aromatic N) is 1. The summed E-state index contributed by atoms with van der Waals surface area (Å²) in [6.45, 7) is 1.50. The van der Waals surface area contributed by atoms with Crippen molar-refractivity contribution < 1.29 is 24.3 Å². The highest BCUT2D eigenvalue weighted by molar-refractivity contribution is 7.99. The average molecular weight is 438 g/mol. The maximum atomic E-state index is 12.8. The first kappa shape index (κ1) is 21.5. The van der Waals surface area contributed by atoms with Crippen molar-refractivity contribution in [3.8, 4) is 0 Å². The lowest BCUT2D eigenvalue weighted by atomic mass is 10.1. The van der Waals surface area contributed by atoms with Crippen LogP contribution in [0.5, 0.6) is 0 Å². The lowest BCUT2D eigenvalue weighted by molar-refractivity contribution is -0.142. The Morgan fingerprint density at radius 3 is 2.72 bits per heavy atom. The van der Waals surface area contributed by atoms with Crippen molar-refractivity contribution in [1.82, 2.24) is 15.5 Å². The van der Waals surface area contributed by atoms with E-state index in [1.54, 1.807) is 17.0 Å². The Labute approximate surface area is 177 Å². The van der Waals surface area contributed by atoms with Gasteiger partial charge in [0.15, 0.2) is 0 Å². The van der Waals surface area contributed by atoms with Crippen molar-refractivity contribution in [3.63, 3.8) is 0 Å². The molecule has 10 heteroatoms. The molecule has 4 unspecified atom stereocenters. The quantitative estimate of drug-likeness (QED) is 0.557. The Morgan fingerprint density at radius 2 is 2.03 bits per heavy atom. The molecular formula is C19H23N3O5S2. The molecule has 0 aliphatic carbocycles. The van der Waals surface area contributed by atoms with Crippen LogP contribution in [-0.2, 0) is 14.4 Å². The molecular weight excluding hydrogens is 414 g/mol. The lowest BCUT2D eigenvalue weighted by Gasteiger charge is -2.24. The highest BCUT2D eigenvalue weighted by Crippen LogP contribution is 2.48. The summed E-state index contributed by atoms with van der Waals surface area (Å²) in [4.78, 5) is 50.7. The molecule has 0 aromatic heterocycles. The zero-order valence-electron chi connectivity index (χ0n) is 16.1. The number of nitrogens with one attached hydrogen (secondary N) is 2. The fourth-order valence-corrected chi connectivity index (χ4v) is 5.34. The monoisotopic (exact) mass is 437 g/mol. The van der Waals surface area contributed by atoms with E-state index in [1.165, 1.54) is 30.4 Å². The minimum atomic E-state index is -1.11. The summed E-state index contributed by atoms with van der Waals surface area (Å²) in [6.07, 6.45) is 2.15. The molecule has 0 bridgehead atoms. The standard InChI is InChI=1S/C19H23N3O5S2/c1-10(15(23)21-13(19(26)27)7-8-28-2)20-16(24)14-9-29-18-12-6-4-3-5-11(12)17(25)22(14)18/h3-6,10,13-14,18H,7-9H2,1-2H3,(H,20,24)(H,21,23)(H,26,27). The third kappa shape index (κ3) is 4.37. The van der Waals surface area contributed by atoms with Gasteiger partial charge in [0.05, 0.1) is 0 Å². The summed E-state index contributed by atoms with van der Waals surface area (Å²) in [5.74, 6) is -1.24. The molecule has 29 heavy (non-hydrogen) atoms. The smallest absolute Gasteiger partial charge is 0.326 e. The average Bonchev–Trinajstić information content (AvgIpc) is 3.25. The Morgan fingerprint density at radius 1 is 1.31 bits per heavy atom. The van der Waals surface area contributed by atoms with Crippen molar-refractivity contribution in [2.24, 2.45) is 0 Å². The molecule has 0 radical (unpaired) electrons. The van der Waals surface area contributed by atoms with Gasteiger partial charge in [-0.2, -0.15) is 11.8 Å². The highest BCUT2D eigenvalue weighted by atomic mass is 32.2. The van der Waals surface area contributed by atoms with Gasteiger partial charge in [-0.3, -0.25) is 14.4 Å². The normalized spacial score (nSPS) is 21.9. The van der Waals surface area contributed by atoms with Crippen LogP contribution in [0.2, 0.25) is 0 Å². The summed E-state index contributed by atoms with van der Waals surface area (Å²) >= 11 is 3.01. The predicted octanol–water partition coefficient (Wildman–Crippen LogP) is 1.08. The van der Waals surface area contributed by atoms with Gasteiger partial charge in [-0.15, -0.1) is 11.8 Å². The number of hydrogen-bond acceptors (Lipinski definition) is 6. The number of benzene rings is 1. The summed E-state index contributed by atoms with van der Waals surface area (Å²) in [6, 6.07) is 4.71. The summed E-state index contributed by atoms with van der Waals surface area (Å²) < 4.78 is 0. The second-order valence-electron chi connectivity index (χ2n) is 6.91. The second-order valence-corrected chi connectivity index (χ2v) is 9.01. The number of fused-ring (bicyclic) bond motifs is 3. The van der Waals surface area contributed by atoms with Gasteiger partial charge in [-0.05, 0) is 37.0 Å². The van der Waals surface area contributed by atoms with Crippen molar-refractivity contribution in [1.29, 1.82) is 0 Å². The number of hydrogen-bond donors (Lipinski definition) is 3. The minimum Gasteiger partial charge on any atom is -0.480 e. The molecule has 3 N–H and O–H groups in total. The van der Waals surface area contributed by atoms with Crippen LogP contribution >= 0.6 is 23.5 Å². The predicted molar refractivity (Wildman–Crippen MR) is 112 cm³/mol. The molecule has 1 fully saturated rings. The molecule has 4 atom stereocenters. The van der Waals surface area contributed by atoms with Crippen LogP contribution in [0.25, 0.3) is 0 Å². The van der Waals surface area contributed by atoms with Crippen LogP contribution < -0.4 is 10.6 Å². The Balaban J connectivity index is 1.61. The summed E-state index contributed by atoms with van der Waals surface area (Å²) in [7, 11) is 0. The number of amides is 3. The van der Waals surface area contributed by atoms with E-state index in [0.717, 1.165) is 5.56 Å². The van der Waals surface area contributed by atoms with E-state index < -0.39 is 35.9 Å². The number of carboxylic acids is 1. The van der Waals surface area contributed by atoms with Crippen LogP contribution in [0, 0.1) is 0 Å². The molecule has 0 saturated carbocycles. The van der Waals surface area contributed by atoms with Crippen LogP contribution in [0.3, 0.4) is 0 Å². The van der Waals surface area contributed by atoms with Crippen LogP contribution in [-0.4, -0.2) is 69.6 Å². The van der Waals surface area contributed by atoms with Gasteiger partial charge >= 0.3 is 5.97 Å². The molecule has 1 aromatic carbocycles. The molecule has 0 spiro atoms. The van der Waals surface area contributed by atoms with E-state index in [0.29, 0.717) is 23.5 Å². The van der Waals surface area contributed by atoms with Crippen molar-refractivity contribution >= 4 is 47.2 Å². The SMILES string of the molecule is CSCCC(NC(=O)C(C)NC(=O)C1CSC2c3ccccc3C(=O)N12)C(=O)O. The van der Waals surface area contributed by atoms with Gasteiger partial charge in [0.1, 0.15) is 23.5 Å². The van der Waals surface area contributed by atoms with Crippen LogP contribution in [0.1, 0.15) is 34.6 Å². The Hall–Kier alpha value is -2.20. The molecule has 2 heterocycles. The van der Waals surface area contributed by atoms with E-state index in [2.05, 4.69) is 10.6 Å². The van der Waals surface area contributed by atoms with E-state index in [9.17, 15) is 24.3 Å². The molecule has 2 aliphatic heterocycles. The van der Waals surface area contributed by atoms with Crippen LogP contribution in [0.4, 0.5) is 0 Å². The first-order valence-electron chi connectivity index (χ1n) is 9.20. The minimum absolute atomic E-state index is 0.184. The fourth-order valence-electron chi connectivity index (χ4n) is 3.41. The van der Waals surface area contributed by atoms with Crippen molar-refractivity contribution in [2.75, 3.05) is 17.8 Å². The number of carbonyl (C=O) groups excluding carboxylic acids is 3. The number of thioether (sulfide) groups is 2. The topological polar surface area (TPSA) is 116 Å². The largest absolute Gasteiger partial charge is 0.480 e. The van der Waals surface area contributed by atoms with E-state index in [1.807, 2.05) is 18.4 Å². The van der Waals surface area contributed by atoms with Gasteiger partial charge in [0, 0.05) is 11.3 Å². The third-order valence-electron chi connectivity index (χ3n) is 4.97. The van der Waals surface area contributed by atoms with Crippen molar-refractivity contribution in [3.05, 3.63) is 35.4 Å². The van der Waals surface area contributed by atoms with Crippen molar-refractivity contribution in [2.45, 2.75) is 36.8 Å². The Kier molecular flexibility index (Phi) is 6.74. The van der Waals surface area contributed by atoms with Gasteiger partial charge in [-0.1, -0.05) is 18.2 Å². The Bertz CT molecular complexity index is 834. The van der Waals surface area contributed by atoms with Crippen LogP contribution in [0.15, 0.2) is 24.3 Å². The molecule has 8 nitrogen and oxygen atoms in total. The summed E-state index contributed by atoms with van der Waals surface area (Å²) in [5.41, 5.74) is 1.51. The number of rotatable bonds is 8.